The Labute approximate surface area is 182 Å². The van der Waals surface area contributed by atoms with Gasteiger partial charge in [-0.25, -0.2) is 9.48 Å². The van der Waals surface area contributed by atoms with E-state index in [1.54, 1.807) is 9.25 Å². The van der Waals surface area contributed by atoms with Crippen LogP contribution in [-0.4, -0.2) is 26.3 Å². The van der Waals surface area contributed by atoms with E-state index in [4.69, 9.17) is 4.42 Å². The Bertz CT molecular complexity index is 1100. The third kappa shape index (κ3) is 4.81. The molecule has 3 heterocycles. The van der Waals surface area contributed by atoms with Crippen LogP contribution in [0.15, 0.2) is 45.6 Å². The summed E-state index contributed by atoms with van der Waals surface area (Å²) in [6.07, 6.45) is 3.12. The molecule has 0 fully saturated rings. The highest BCUT2D eigenvalue weighted by Crippen LogP contribution is 2.22. The third-order valence-electron chi connectivity index (χ3n) is 5.84. The molecule has 1 aromatic carbocycles. The van der Waals surface area contributed by atoms with Crippen LogP contribution in [0, 0.1) is 12.8 Å². The monoisotopic (exact) mass is 422 g/mol. The maximum absolute atomic E-state index is 12.7. The van der Waals surface area contributed by atoms with Gasteiger partial charge in [0.2, 0.25) is 0 Å². The van der Waals surface area contributed by atoms with Gasteiger partial charge >= 0.3 is 5.69 Å². The van der Waals surface area contributed by atoms with Gasteiger partial charge in [0, 0.05) is 36.7 Å². The first-order valence-electron chi connectivity index (χ1n) is 11.0. The summed E-state index contributed by atoms with van der Waals surface area (Å²) < 4.78 is 9.00. The first kappa shape index (κ1) is 21.2. The lowest BCUT2D eigenvalue weighted by molar-refractivity contribution is 0.0933. The Hall–Kier alpha value is -3.09. The number of rotatable bonds is 6. The van der Waals surface area contributed by atoms with Crippen molar-refractivity contribution in [3.05, 3.63) is 64.0 Å². The summed E-state index contributed by atoms with van der Waals surface area (Å²) in [4.78, 5) is 25.4. The topological polar surface area (TPSA) is 82.1 Å². The molecule has 0 saturated heterocycles. The van der Waals surface area contributed by atoms with Crippen LogP contribution in [0.4, 0.5) is 0 Å². The van der Waals surface area contributed by atoms with Gasteiger partial charge in [-0.1, -0.05) is 26.0 Å². The van der Waals surface area contributed by atoms with Crippen LogP contribution in [-0.2, 0) is 19.5 Å². The van der Waals surface area contributed by atoms with Crippen molar-refractivity contribution in [2.24, 2.45) is 5.92 Å². The quantitative estimate of drug-likeness (QED) is 0.655. The zero-order valence-electron chi connectivity index (χ0n) is 18.4. The van der Waals surface area contributed by atoms with Crippen molar-refractivity contribution in [3.63, 3.8) is 0 Å². The van der Waals surface area contributed by atoms with Gasteiger partial charge < -0.3 is 9.73 Å². The summed E-state index contributed by atoms with van der Waals surface area (Å²) >= 11 is 0. The van der Waals surface area contributed by atoms with Gasteiger partial charge in [0.15, 0.2) is 0 Å². The fourth-order valence-electron chi connectivity index (χ4n) is 3.94. The number of carbonyl (C=O) groups is 1. The molecule has 0 spiro atoms. The molecule has 4 rings (SSSR count). The molecule has 7 heteroatoms. The van der Waals surface area contributed by atoms with Gasteiger partial charge in [-0.2, -0.15) is 5.10 Å². The minimum atomic E-state index is -0.0962. The number of benzene rings is 1. The summed E-state index contributed by atoms with van der Waals surface area (Å²) in [7, 11) is 0. The highest BCUT2D eigenvalue weighted by Gasteiger charge is 2.22. The zero-order chi connectivity index (χ0) is 22.0. The Morgan fingerprint density at radius 2 is 1.97 bits per heavy atom. The Kier molecular flexibility index (Phi) is 6.11. The van der Waals surface area contributed by atoms with Gasteiger partial charge in [-0.05, 0) is 56.4 Å². The molecule has 3 aromatic rings. The average Bonchev–Trinajstić information content (AvgIpc) is 3.25. The third-order valence-corrected chi connectivity index (χ3v) is 5.84. The van der Waals surface area contributed by atoms with Crippen molar-refractivity contribution in [2.75, 3.05) is 0 Å². The lowest BCUT2D eigenvalue weighted by atomic mass is 10.1. The number of hydrogen-bond acceptors (Lipinski definition) is 4. The summed E-state index contributed by atoms with van der Waals surface area (Å²) in [5.41, 5.74) is 1.52. The molecule has 0 saturated carbocycles. The highest BCUT2D eigenvalue weighted by atomic mass is 16.3. The van der Waals surface area contributed by atoms with Crippen LogP contribution in [0.2, 0.25) is 0 Å². The molecule has 0 aliphatic carbocycles. The number of furan rings is 1. The number of aromatic nitrogens is 3. The van der Waals surface area contributed by atoms with Crippen molar-refractivity contribution in [1.82, 2.24) is 19.7 Å². The van der Waals surface area contributed by atoms with E-state index in [-0.39, 0.29) is 17.6 Å². The van der Waals surface area contributed by atoms with Crippen LogP contribution in [0.1, 0.15) is 55.1 Å². The lowest BCUT2D eigenvalue weighted by Crippen LogP contribution is -2.35. The molecule has 164 valence electrons. The molecule has 1 N–H and O–H groups in total. The van der Waals surface area contributed by atoms with E-state index in [0.29, 0.717) is 31.0 Å². The normalized spacial score (nSPS) is 16.2. The second-order valence-corrected chi connectivity index (χ2v) is 8.74. The highest BCUT2D eigenvalue weighted by molar-refractivity contribution is 5.94. The van der Waals surface area contributed by atoms with E-state index >= 15 is 0 Å². The number of amides is 1. The van der Waals surface area contributed by atoms with Gasteiger partial charge in [-0.3, -0.25) is 9.36 Å². The van der Waals surface area contributed by atoms with E-state index in [9.17, 15) is 9.59 Å². The van der Waals surface area contributed by atoms with Crippen LogP contribution >= 0.6 is 0 Å². The lowest BCUT2D eigenvalue weighted by Gasteiger charge is -2.16. The first-order valence-corrected chi connectivity index (χ1v) is 11.0. The van der Waals surface area contributed by atoms with Crippen LogP contribution in [0.5, 0.6) is 0 Å². The zero-order valence-corrected chi connectivity index (χ0v) is 18.4. The number of carbonyl (C=O) groups excluding carboxylic acids is 1. The van der Waals surface area contributed by atoms with E-state index in [0.717, 1.165) is 42.2 Å². The molecule has 0 bridgehead atoms. The van der Waals surface area contributed by atoms with Crippen LogP contribution in [0.3, 0.4) is 0 Å². The van der Waals surface area contributed by atoms with Gasteiger partial charge in [0.1, 0.15) is 17.3 Å². The fraction of sp³-hybridized carbons (Fsp3) is 0.458. The van der Waals surface area contributed by atoms with E-state index in [2.05, 4.69) is 24.3 Å². The number of nitrogens with zero attached hydrogens (tertiary/aromatic N) is 3. The van der Waals surface area contributed by atoms with Crippen molar-refractivity contribution in [3.8, 4) is 11.3 Å². The summed E-state index contributed by atoms with van der Waals surface area (Å²) in [6.45, 7) is 7.43. The smallest absolute Gasteiger partial charge is 0.345 e. The molecule has 1 amide bonds. The van der Waals surface area contributed by atoms with E-state index in [1.807, 2.05) is 43.3 Å². The molecule has 1 atom stereocenters. The van der Waals surface area contributed by atoms with E-state index < -0.39 is 0 Å². The van der Waals surface area contributed by atoms with Crippen LogP contribution < -0.4 is 11.0 Å². The second kappa shape index (κ2) is 8.96. The molecular formula is C24H30N4O3. The molecule has 1 aliphatic rings. The molecule has 1 aliphatic heterocycles. The predicted octanol–water partition coefficient (Wildman–Crippen LogP) is 3.79. The minimum absolute atomic E-state index is 0.0186. The maximum atomic E-state index is 12.7. The molecular weight excluding hydrogens is 392 g/mol. The van der Waals surface area contributed by atoms with Gasteiger partial charge in [0.25, 0.3) is 5.91 Å². The van der Waals surface area contributed by atoms with Gasteiger partial charge in [-0.15, -0.1) is 0 Å². The van der Waals surface area contributed by atoms with E-state index in [1.165, 1.54) is 0 Å². The minimum Gasteiger partial charge on any atom is -0.461 e. The standard InChI is InChI=1S/C24H30N4O3/c1-16(2)12-15-28-24(30)27-14-13-20(9-11-22(27)26-28)25-23(29)19-7-5-18(6-8-19)21-10-4-17(3)31-21/h4-8,10,16,20H,9,11-15H2,1-3H3,(H,25,29). The molecule has 0 radical (unpaired) electrons. The molecule has 7 nitrogen and oxygen atoms in total. The largest absolute Gasteiger partial charge is 0.461 e. The number of nitrogens with one attached hydrogen (secondary N) is 1. The Morgan fingerprint density at radius 1 is 1.19 bits per heavy atom. The first-order chi connectivity index (χ1) is 14.9. The second-order valence-electron chi connectivity index (χ2n) is 8.74. The SMILES string of the molecule is Cc1ccc(-c2ccc(C(=O)NC3CCc4nn(CCC(C)C)c(=O)n4CC3)cc2)o1. The molecule has 1 unspecified atom stereocenters. The van der Waals surface area contributed by atoms with Crippen molar-refractivity contribution >= 4 is 5.91 Å². The van der Waals surface area contributed by atoms with Crippen molar-refractivity contribution in [2.45, 2.75) is 65.6 Å². The predicted molar refractivity (Wildman–Crippen MR) is 119 cm³/mol. The molecule has 31 heavy (non-hydrogen) atoms. The van der Waals surface area contributed by atoms with Crippen LogP contribution in [0.25, 0.3) is 11.3 Å². The summed E-state index contributed by atoms with van der Waals surface area (Å²) in [5.74, 6) is 2.91. The maximum Gasteiger partial charge on any atom is 0.345 e. The molecule has 2 aromatic heterocycles. The van der Waals surface area contributed by atoms with Gasteiger partial charge in [0.05, 0.1) is 0 Å². The summed E-state index contributed by atoms with van der Waals surface area (Å²) in [5, 5.41) is 7.66. The number of fused-ring (bicyclic) bond motifs is 1. The summed E-state index contributed by atoms with van der Waals surface area (Å²) in [6, 6.07) is 11.3. The van der Waals surface area contributed by atoms with Crippen molar-refractivity contribution in [1.29, 1.82) is 0 Å². The van der Waals surface area contributed by atoms with Crippen molar-refractivity contribution < 1.29 is 9.21 Å². The average molecular weight is 423 g/mol. The fourth-order valence-corrected chi connectivity index (χ4v) is 3.94. The number of hydrogen-bond donors (Lipinski definition) is 1. The Balaban J connectivity index is 1.37. The Morgan fingerprint density at radius 3 is 2.65 bits per heavy atom. The number of aryl methyl sites for hydroxylation is 3.